The lowest BCUT2D eigenvalue weighted by atomic mass is 9.96. The Bertz CT molecular complexity index is 804. The zero-order valence-electron chi connectivity index (χ0n) is 13.1. The summed E-state index contributed by atoms with van der Waals surface area (Å²) in [5, 5.41) is 2.47. The first-order chi connectivity index (χ1) is 11.0. The van der Waals surface area contributed by atoms with Crippen LogP contribution in [0.25, 0.3) is 0 Å². The Morgan fingerprint density at radius 1 is 1.04 bits per heavy atom. The van der Waals surface area contributed by atoms with Crippen molar-refractivity contribution in [2.75, 3.05) is 0 Å². The summed E-state index contributed by atoms with van der Waals surface area (Å²) in [4.78, 5) is 24.3. The number of carbonyl (C=O) groups excluding carboxylic acids is 2. The van der Waals surface area contributed by atoms with E-state index in [2.05, 4.69) is 25.7 Å². The summed E-state index contributed by atoms with van der Waals surface area (Å²) in [5.74, 6) is 0.743. The molecular formula is C19H17NO3. The minimum atomic E-state index is -0.376. The van der Waals surface area contributed by atoms with Crippen LogP contribution in [0.2, 0.25) is 0 Å². The van der Waals surface area contributed by atoms with Crippen LogP contribution in [0.3, 0.4) is 0 Å². The van der Waals surface area contributed by atoms with E-state index in [1.54, 1.807) is 18.2 Å². The van der Waals surface area contributed by atoms with Crippen molar-refractivity contribution in [2.45, 2.75) is 19.8 Å². The molecule has 1 amide bonds. The van der Waals surface area contributed by atoms with Gasteiger partial charge in [0.05, 0.1) is 11.3 Å². The van der Waals surface area contributed by atoms with Gasteiger partial charge in [0.15, 0.2) is 0 Å². The van der Waals surface area contributed by atoms with Gasteiger partial charge in [-0.1, -0.05) is 38.6 Å². The molecule has 0 aliphatic carbocycles. The molecule has 4 heteroatoms. The molecule has 0 spiro atoms. The van der Waals surface area contributed by atoms with Crippen molar-refractivity contribution in [3.63, 3.8) is 0 Å². The molecule has 0 bridgehead atoms. The minimum absolute atomic E-state index is 0.0842. The van der Waals surface area contributed by atoms with Crippen molar-refractivity contribution in [3.8, 4) is 11.5 Å². The maximum absolute atomic E-state index is 12.2. The van der Waals surface area contributed by atoms with Crippen LogP contribution in [0.1, 0.15) is 46.0 Å². The molecule has 2 aromatic carbocycles. The van der Waals surface area contributed by atoms with Gasteiger partial charge in [-0.15, -0.1) is 0 Å². The fraction of sp³-hybridized carbons (Fsp3) is 0.158. The highest BCUT2D eigenvalue weighted by Crippen LogP contribution is 2.31. The second-order valence-electron chi connectivity index (χ2n) is 5.77. The summed E-state index contributed by atoms with van der Waals surface area (Å²) in [7, 11) is 0. The maximum Gasteiger partial charge on any atom is 0.260 e. The Morgan fingerprint density at radius 3 is 2.39 bits per heavy atom. The fourth-order valence-corrected chi connectivity index (χ4v) is 2.51. The fourth-order valence-electron chi connectivity index (χ4n) is 2.51. The Morgan fingerprint density at radius 2 is 1.74 bits per heavy atom. The molecule has 0 saturated carbocycles. The van der Waals surface area contributed by atoms with E-state index >= 15 is 0 Å². The van der Waals surface area contributed by atoms with Crippen LogP contribution in [-0.4, -0.2) is 11.7 Å². The minimum Gasteiger partial charge on any atom is -0.457 e. The van der Waals surface area contributed by atoms with Gasteiger partial charge in [0, 0.05) is 5.56 Å². The first-order valence-corrected chi connectivity index (χ1v) is 7.43. The average molecular weight is 307 g/mol. The van der Waals surface area contributed by atoms with E-state index in [9.17, 15) is 9.59 Å². The SMILES string of the molecule is C=C1NC(=O)c2c(Oc3ccc(C(C)C)cc3)cccc2C1=O. The molecule has 0 aromatic heterocycles. The molecule has 4 nitrogen and oxygen atoms in total. The predicted octanol–water partition coefficient (Wildman–Crippen LogP) is 4.04. The lowest BCUT2D eigenvalue weighted by Crippen LogP contribution is -2.34. The molecule has 0 unspecified atom stereocenters. The summed E-state index contributed by atoms with van der Waals surface area (Å²) in [6.45, 7) is 7.80. The quantitative estimate of drug-likeness (QED) is 0.871. The number of hydrogen-bond donors (Lipinski definition) is 1. The standard InChI is InChI=1S/C19H17NO3/c1-11(2)13-7-9-14(10-8-13)23-16-6-4-5-15-17(16)19(22)20-12(3)18(15)21/h4-11H,3H2,1-2H3,(H,20,22). The van der Waals surface area contributed by atoms with E-state index in [0.717, 1.165) is 0 Å². The molecule has 3 rings (SSSR count). The van der Waals surface area contributed by atoms with Crippen LogP contribution in [-0.2, 0) is 0 Å². The summed E-state index contributed by atoms with van der Waals surface area (Å²) < 4.78 is 5.82. The summed E-state index contributed by atoms with van der Waals surface area (Å²) in [5.41, 5.74) is 1.85. The summed E-state index contributed by atoms with van der Waals surface area (Å²) in [6, 6.07) is 12.7. The zero-order chi connectivity index (χ0) is 16.6. The highest BCUT2D eigenvalue weighted by Gasteiger charge is 2.29. The first-order valence-electron chi connectivity index (χ1n) is 7.43. The molecule has 1 aliphatic rings. The monoisotopic (exact) mass is 307 g/mol. The molecule has 116 valence electrons. The topological polar surface area (TPSA) is 55.4 Å². The molecule has 0 fully saturated rings. The zero-order valence-corrected chi connectivity index (χ0v) is 13.1. The number of allylic oxidation sites excluding steroid dienone is 1. The van der Waals surface area contributed by atoms with Crippen molar-refractivity contribution in [1.82, 2.24) is 5.32 Å². The Kier molecular flexibility index (Phi) is 3.74. The van der Waals surface area contributed by atoms with Gasteiger partial charge < -0.3 is 10.1 Å². The van der Waals surface area contributed by atoms with Gasteiger partial charge in [-0.05, 0) is 35.7 Å². The third-order valence-corrected chi connectivity index (χ3v) is 3.81. The van der Waals surface area contributed by atoms with E-state index in [1.807, 2.05) is 24.3 Å². The Balaban J connectivity index is 1.97. The third-order valence-electron chi connectivity index (χ3n) is 3.81. The first kappa shape index (κ1) is 15.0. The molecule has 0 radical (unpaired) electrons. The molecule has 23 heavy (non-hydrogen) atoms. The number of amides is 1. The van der Waals surface area contributed by atoms with E-state index in [-0.39, 0.29) is 23.0 Å². The molecule has 2 aromatic rings. The van der Waals surface area contributed by atoms with Gasteiger partial charge in [0.25, 0.3) is 5.91 Å². The van der Waals surface area contributed by atoms with Crippen LogP contribution in [0.5, 0.6) is 11.5 Å². The van der Waals surface area contributed by atoms with Crippen molar-refractivity contribution >= 4 is 11.7 Å². The molecule has 1 N–H and O–H groups in total. The number of hydrogen-bond acceptors (Lipinski definition) is 3. The lowest BCUT2D eigenvalue weighted by Gasteiger charge is -2.20. The van der Waals surface area contributed by atoms with E-state index in [0.29, 0.717) is 23.0 Å². The molecule has 0 saturated heterocycles. The maximum atomic E-state index is 12.2. The summed E-state index contributed by atoms with van der Waals surface area (Å²) >= 11 is 0. The molecule has 1 heterocycles. The number of carbonyl (C=O) groups is 2. The number of ketones is 1. The number of Topliss-reactive ketones (excluding diaryl/α,β-unsaturated/α-hetero) is 1. The molecule has 1 aliphatic heterocycles. The smallest absolute Gasteiger partial charge is 0.260 e. The number of nitrogens with one attached hydrogen (secondary N) is 1. The number of fused-ring (bicyclic) bond motifs is 1. The lowest BCUT2D eigenvalue weighted by molar-refractivity contribution is 0.0907. The van der Waals surface area contributed by atoms with Crippen molar-refractivity contribution in [2.24, 2.45) is 0 Å². The van der Waals surface area contributed by atoms with Gasteiger partial charge >= 0.3 is 0 Å². The largest absolute Gasteiger partial charge is 0.457 e. The predicted molar refractivity (Wildman–Crippen MR) is 88.0 cm³/mol. The van der Waals surface area contributed by atoms with E-state index in [1.165, 1.54) is 5.56 Å². The second kappa shape index (κ2) is 5.72. The Hall–Kier alpha value is -2.88. The third kappa shape index (κ3) is 2.75. The van der Waals surface area contributed by atoms with Crippen molar-refractivity contribution < 1.29 is 14.3 Å². The molecule has 0 atom stereocenters. The van der Waals surface area contributed by atoms with Crippen LogP contribution < -0.4 is 10.1 Å². The van der Waals surface area contributed by atoms with Crippen molar-refractivity contribution in [1.29, 1.82) is 0 Å². The van der Waals surface area contributed by atoms with E-state index < -0.39 is 0 Å². The number of rotatable bonds is 3. The van der Waals surface area contributed by atoms with Gasteiger partial charge in [0.1, 0.15) is 11.5 Å². The summed E-state index contributed by atoms with van der Waals surface area (Å²) in [6.07, 6.45) is 0. The van der Waals surface area contributed by atoms with Gasteiger partial charge in [0.2, 0.25) is 5.78 Å². The van der Waals surface area contributed by atoms with Crippen LogP contribution in [0, 0.1) is 0 Å². The second-order valence-corrected chi connectivity index (χ2v) is 5.77. The van der Waals surface area contributed by atoms with Gasteiger partial charge in [-0.2, -0.15) is 0 Å². The van der Waals surface area contributed by atoms with E-state index in [4.69, 9.17) is 4.74 Å². The van der Waals surface area contributed by atoms with Crippen LogP contribution in [0.15, 0.2) is 54.7 Å². The molecular weight excluding hydrogens is 290 g/mol. The highest BCUT2D eigenvalue weighted by molar-refractivity contribution is 6.21. The van der Waals surface area contributed by atoms with Gasteiger partial charge in [-0.3, -0.25) is 9.59 Å². The van der Waals surface area contributed by atoms with Gasteiger partial charge in [-0.25, -0.2) is 0 Å². The normalized spacial score (nSPS) is 13.8. The highest BCUT2D eigenvalue weighted by atomic mass is 16.5. The average Bonchev–Trinajstić information content (AvgIpc) is 2.53. The number of benzene rings is 2. The van der Waals surface area contributed by atoms with Crippen LogP contribution >= 0.6 is 0 Å². The number of ether oxygens (including phenoxy) is 1. The Labute approximate surface area is 134 Å². The van der Waals surface area contributed by atoms with Crippen LogP contribution in [0.4, 0.5) is 0 Å². The van der Waals surface area contributed by atoms with Crippen molar-refractivity contribution in [3.05, 3.63) is 71.4 Å².